The van der Waals surface area contributed by atoms with Gasteiger partial charge >= 0.3 is 0 Å². The normalized spacial score (nSPS) is 10.9. The second kappa shape index (κ2) is 2.80. The van der Waals surface area contributed by atoms with Crippen LogP contribution in [0.4, 0.5) is 0 Å². The molecule has 0 unspecified atom stereocenters. The standard InChI is InChI=1S/C11H14N2/c1-3-9-7-13(12)11-5-4-8(2)6-10(9)11/h4-7H,3,12H2,1-2H3. The fourth-order valence-electron chi connectivity index (χ4n) is 1.72. The van der Waals surface area contributed by atoms with Gasteiger partial charge in [-0.1, -0.05) is 18.6 Å². The van der Waals surface area contributed by atoms with E-state index >= 15 is 0 Å². The van der Waals surface area contributed by atoms with Gasteiger partial charge in [0.05, 0.1) is 5.52 Å². The molecule has 0 aliphatic carbocycles. The Kier molecular flexibility index (Phi) is 1.76. The predicted octanol–water partition coefficient (Wildman–Crippen LogP) is 2.23. The van der Waals surface area contributed by atoms with Crippen molar-refractivity contribution in [2.45, 2.75) is 20.3 Å². The number of rotatable bonds is 1. The lowest BCUT2D eigenvalue weighted by molar-refractivity contribution is 1.04. The van der Waals surface area contributed by atoms with Crippen LogP contribution in [0.5, 0.6) is 0 Å². The number of aromatic nitrogens is 1. The van der Waals surface area contributed by atoms with Crippen molar-refractivity contribution in [2.24, 2.45) is 0 Å². The zero-order valence-electron chi connectivity index (χ0n) is 8.04. The van der Waals surface area contributed by atoms with Crippen LogP contribution in [0, 0.1) is 6.92 Å². The van der Waals surface area contributed by atoms with E-state index in [1.54, 1.807) is 4.68 Å². The molecule has 2 aromatic rings. The van der Waals surface area contributed by atoms with E-state index in [0.29, 0.717) is 0 Å². The van der Waals surface area contributed by atoms with Crippen molar-refractivity contribution in [3.05, 3.63) is 35.5 Å². The minimum atomic E-state index is 1.03. The summed E-state index contributed by atoms with van der Waals surface area (Å²) in [5.74, 6) is 5.82. The Balaban J connectivity index is 2.81. The summed E-state index contributed by atoms with van der Waals surface area (Å²) in [6, 6.07) is 6.35. The summed E-state index contributed by atoms with van der Waals surface area (Å²) >= 11 is 0. The molecule has 0 spiro atoms. The number of fused-ring (bicyclic) bond motifs is 1. The van der Waals surface area contributed by atoms with E-state index in [1.165, 1.54) is 16.5 Å². The van der Waals surface area contributed by atoms with Gasteiger partial charge in [0.25, 0.3) is 0 Å². The molecule has 13 heavy (non-hydrogen) atoms. The maximum absolute atomic E-state index is 5.82. The number of nitrogens with zero attached hydrogens (tertiary/aromatic N) is 1. The van der Waals surface area contributed by atoms with Crippen LogP contribution in [0.25, 0.3) is 10.9 Å². The third kappa shape index (κ3) is 1.18. The molecule has 0 saturated carbocycles. The van der Waals surface area contributed by atoms with E-state index in [9.17, 15) is 0 Å². The number of benzene rings is 1. The molecule has 0 bridgehead atoms. The summed E-state index contributed by atoms with van der Waals surface area (Å²) in [6.07, 6.45) is 3.04. The summed E-state index contributed by atoms with van der Waals surface area (Å²) in [6.45, 7) is 4.25. The van der Waals surface area contributed by atoms with Crippen molar-refractivity contribution in [3.63, 3.8) is 0 Å². The molecule has 0 amide bonds. The van der Waals surface area contributed by atoms with Gasteiger partial charge in [-0.2, -0.15) is 0 Å². The molecule has 2 heteroatoms. The fraction of sp³-hybridized carbons (Fsp3) is 0.273. The van der Waals surface area contributed by atoms with Crippen LogP contribution in [0.15, 0.2) is 24.4 Å². The van der Waals surface area contributed by atoms with E-state index < -0.39 is 0 Å². The average molecular weight is 174 g/mol. The van der Waals surface area contributed by atoms with Crippen LogP contribution in [0.1, 0.15) is 18.1 Å². The largest absolute Gasteiger partial charge is 0.339 e. The molecule has 2 nitrogen and oxygen atoms in total. The monoisotopic (exact) mass is 174 g/mol. The van der Waals surface area contributed by atoms with E-state index in [0.717, 1.165) is 11.9 Å². The smallest absolute Gasteiger partial charge is 0.0693 e. The van der Waals surface area contributed by atoms with Gasteiger partial charge in [-0.05, 0) is 31.0 Å². The van der Waals surface area contributed by atoms with E-state index in [2.05, 4.69) is 32.0 Å². The highest BCUT2D eigenvalue weighted by Gasteiger charge is 2.04. The topological polar surface area (TPSA) is 30.9 Å². The van der Waals surface area contributed by atoms with Crippen molar-refractivity contribution >= 4 is 10.9 Å². The van der Waals surface area contributed by atoms with Gasteiger partial charge in [-0.25, -0.2) is 0 Å². The molecule has 2 rings (SSSR count). The maximum atomic E-state index is 5.82. The Bertz CT molecular complexity index is 441. The van der Waals surface area contributed by atoms with Crippen LogP contribution in [-0.4, -0.2) is 4.68 Å². The lowest BCUT2D eigenvalue weighted by Crippen LogP contribution is -2.04. The lowest BCUT2D eigenvalue weighted by Gasteiger charge is -1.97. The van der Waals surface area contributed by atoms with Crippen molar-refractivity contribution < 1.29 is 0 Å². The number of nitrogens with two attached hydrogens (primary N) is 1. The molecule has 0 fully saturated rings. The Morgan fingerprint density at radius 1 is 1.38 bits per heavy atom. The zero-order chi connectivity index (χ0) is 9.42. The zero-order valence-corrected chi connectivity index (χ0v) is 8.04. The second-order valence-corrected chi connectivity index (χ2v) is 3.44. The van der Waals surface area contributed by atoms with Crippen LogP contribution in [0.2, 0.25) is 0 Å². The third-order valence-corrected chi connectivity index (χ3v) is 2.45. The first kappa shape index (κ1) is 8.17. The van der Waals surface area contributed by atoms with Gasteiger partial charge in [0.15, 0.2) is 0 Å². The predicted molar refractivity (Wildman–Crippen MR) is 56.2 cm³/mol. The summed E-state index contributed by atoms with van der Waals surface area (Å²) < 4.78 is 1.70. The van der Waals surface area contributed by atoms with E-state index in [1.807, 2.05) is 6.20 Å². The number of aryl methyl sites for hydroxylation is 2. The van der Waals surface area contributed by atoms with Crippen molar-refractivity contribution in [1.29, 1.82) is 0 Å². The number of hydrogen-bond donors (Lipinski definition) is 1. The van der Waals surface area contributed by atoms with Gasteiger partial charge in [0.2, 0.25) is 0 Å². The van der Waals surface area contributed by atoms with Gasteiger partial charge in [-0.3, -0.25) is 4.68 Å². The van der Waals surface area contributed by atoms with Gasteiger partial charge in [0, 0.05) is 11.6 Å². The average Bonchev–Trinajstić information content (AvgIpc) is 2.42. The first-order valence-electron chi connectivity index (χ1n) is 4.58. The Morgan fingerprint density at radius 3 is 2.85 bits per heavy atom. The van der Waals surface area contributed by atoms with Crippen molar-refractivity contribution in [2.75, 3.05) is 5.84 Å². The molecule has 1 aromatic carbocycles. The SMILES string of the molecule is CCc1cn(N)c2ccc(C)cc12. The highest BCUT2D eigenvalue weighted by atomic mass is 15.3. The highest BCUT2D eigenvalue weighted by molar-refractivity contribution is 5.84. The molecule has 0 saturated heterocycles. The molecule has 68 valence electrons. The molecule has 1 heterocycles. The minimum absolute atomic E-state index is 1.03. The van der Waals surface area contributed by atoms with Crippen LogP contribution >= 0.6 is 0 Å². The first-order valence-corrected chi connectivity index (χ1v) is 4.58. The first-order chi connectivity index (χ1) is 6.22. The molecule has 0 atom stereocenters. The van der Waals surface area contributed by atoms with E-state index in [4.69, 9.17) is 5.84 Å². The molecular formula is C11H14N2. The maximum Gasteiger partial charge on any atom is 0.0693 e. The van der Waals surface area contributed by atoms with Gasteiger partial charge in [-0.15, -0.1) is 0 Å². The lowest BCUT2D eigenvalue weighted by atomic mass is 10.1. The summed E-state index contributed by atoms with van der Waals surface area (Å²) in [5.41, 5.74) is 3.72. The number of nitrogen functional groups attached to an aromatic ring is 1. The summed E-state index contributed by atoms with van der Waals surface area (Å²) in [4.78, 5) is 0. The van der Waals surface area contributed by atoms with Crippen LogP contribution < -0.4 is 5.84 Å². The Hall–Kier alpha value is -1.44. The molecule has 0 aliphatic rings. The van der Waals surface area contributed by atoms with Crippen molar-refractivity contribution in [1.82, 2.24) is 4.68 Å². The molecule has 0 aliphatic heterocycles. The third-order valence-electron chi connectivity index (χ3n) is 2.45. The number of hydrogen-bond acceptors (Lipinski definition) is 1. The minimum Gasteiger partial charge on any atom is -0.339 e. The highest BCUT2D eigenvalue weighted by Crippen LogP contribution is 2.21. The van der Waals surface area contributed by atoms with Crippen LogP contribution in [-0.2, 0) is 6.42 Å². The fourth-order valence-corrected chi connectivity index (χ4v) is 1.72. The summed E-state index contributed by atoms with van der Waals surface area (Å²) in [7, 11) is 0. The molecule has 1 aromatic heterocycles. The van der Waals surface area contributed by atoms with E-state index in [-0.39, 0.29) is 0 Å². The Morgan fingerprint density at radius 2 is 2.15 bits per heavy atom. The molecule has 2 N–H and O–H groups in total. The van der Waals surface area contributed by atoms with Crippen molar-refractivity contribution in [3.8, 4) is 0 Å². The molecular weight excluding hydrogens is 160 g/mol. The van der Waals surface area contributed by atoms with Crippen LogP contribution in [0.3, 0.4) is 0 Å². The Labute approximate surface area is 77.9 Å². The quantitative estimate of drug-likeness (QED) is 0.660. The summed E-state index contributed by atoms with van der Waals surface area (Å²) in [5, 5.41) is 1.28. The second-order valence-electron chi connectivity index (χ2n) is 3.44. The van der Waals surface area contributed by atoms with Gasteiger partial charge in [0.1, 0.15) is 0 Å². The molecule has 0 radical (unpaired) electrons. The van der Waals surface area contributed by atoms with Gasteiger partial charge < -0.3 is 5.84 Å².